The van der Waals surface area contributed by atoms with Crippen molar-refractivity contribution in [3.8, 4) is 0 Å². The lowest BCUT2D eigenvalue weighted by molar-refractivity contribution is -0.132. The average molecular weight is 402 g/mol. The first-order valence-corrected chi connectivity index (χ1v) is 8.96. The summed E-state index contributed by atoms with van der Waals surface area (Å²) in [7, 11) is 0. The van der Waals surface area contributed by atoms with Gasteiger partial charge < -0.3 is 20.3 Å². The summed E-state index contributed by atoms with van der Waals surface area (Å²) >= 11 is 0. The number of hydrogen-bond donors (Lipinski definition) is 3. The second-order valence-electron chi connectivity index (χ2n) is 7.01. The first-order valence-electron chi connectivity index (χ1n) is 8.96. The number of aliphatic hydroxyl groups is 2. The number of nitrogens with zero attached hydrogens (tertiary/aromatic N) is 1. The van der Waals surface area contributed by atoms with Crippen LogP contribution in [0.25, 0.3) is 0 Å². The molecule has 0 radical (unpaired) electrons. The molecule has 1 saturated heterocycles. The van der Waals surface area contributed by atoms with Gasteiger partial charge in [-0.05, 0) is 42.9 Å². The van der Waals surface area contributed by atoms with Crippen molar-refractivity contribution in [2.45, 2.75) is 49.9 Å². The minimum Gasteiger partial charge on any atom is -0.442 e. The molecule has 2 aliphatic rings. The number of nitrogens with one attached hydrogen (secondary N) is 1. The highest BCUT2D eigenvalue weighted by Crippen LogP contribution is 2.36. The highest BCUT2D eigenvalue weighted by molar-refractivity contribution is 5.90. The number of cyclic esters (lactones) is 1. The molecule has 28 heavy (non-hydrogen) atoms. The number of ether oxygens (including phenoxy) is 1. The Morgan fingerprint density at radius 2 is 2.04 bits per heavy atom. The fraction of sp³-hybridized carbons (Fsp3) is 0.556. The standard InChI is InChI=1S/C18H21F3N2O5/c19-13-6-10(2-3-12(13)9-1-4-14(24)15(25)5-9)23-8-11(28-18(23)27)7-22-17(26)16(20)21/h2-3,6,9,11,14-16,24-25H,1,4-5,7-8H2,(H,22,26)/t9?,11-,14?,15?/m0/s1. The highest BCUT2D eigenvalue weighted by atomic mass is 19.3. The molecular weight excluding hydrogens is 381 g/mol. The second-order valence-corrected chi connectivity index (χ2v) is 7.01. The Kier molecular flexibility index (Phi) is 6.09. The van der Waals surface area contributed by atoms with Crippen LogP contribution < -0.4 is 10.2 Å². The van der Waals surface area contributed by atoms with E-state index in [1.165, 1.54) is 18.2 Å². The van der Waals surface area contributed by atoms with Crippen molar-refractivity contribution in [3.05, 3.63) is 29.6 Å². The zero-order chi connectivity index (χ0) is 20.4. The van der Waals surface area contributed by atoms with Crippen LogP contribution in [0.15, 0.2) is 18.2 Å². The molecule has 10 heteroatoms. The van der Waals surface area contributed by atoms with Gasteiger partial charge in [0.05, 0.1) is 31.0 Å². The van der Waals surface area contributed by atoms with Crippen LogP contribution in [0.4, 0.5) is 23.7 Å². The van der Waals surface area contributed by atoms with Gasteiger partial charge in [-0.25, -0.2) is 9.18 Å². The molecule has 7 nitrogen and oxygen atoms in total. The molecule has 1 aliphatic heterocycles. The monoisotopic (exact) mass is 402 g/mol. The van der Waals surface area contributed by atoms with E-state index in [0.717, 1.165) is 4.90 Å². The van der Waals surface area contributed by atoms with E-state index in [4.69, 9.17) is 4.74 Å². The number of amides is 2. The smallest absolute Gasteiger partial charge is 0.414 e. The number of aliphatic hydroxyl groups excluding tert-OH is 2. The highest BCUT2D eigenvalue weighted by Gasteiger charge is 2.34. The molecule has 4 atom stereocenters. The Morgan fingerprint density at radius 3 is 2.68 bits per heavy atom. The molecule has 1 saturated carbocycles. The van der Waals surface area contributed by atoms with Gasteiger partial charge in [0.1, 0.15) is 11.9 Å². The van der Waals surface area contributed by atoms with E-state index >= 15 is 0 Å². The minimum absolute atomic E-state index is 0.0184. The molecule has 1 aromatic carbocycles. The van der Waals surface area contributed by atoms with Crippen LogP contribution >= 0.6 is 0 Å². The first kappa shape index (κ1) is 20.4. The molecule has 2 fully saturated rings. The molecule has 0 spiro atoms. The summed E-state index contributed by atoms with van der Waals surface area (Å²) in [5.74, 6) is -2.24. The summed E-state index contributed by atoms with van der Waals surface area (Å²) in [5, 5.41) is 21.4. The number of carbonyl (C=O) groups is 2. The molecule has 154 valence electrons. The number of alkyl halides is 2. The van der Waals surface area contributed by atoms with E-state index in [0.29, 0.717) is 18.4 Å². The van der Waals surface area contributed by atoms with Gasteiger partial charge in [0.2, 0.25) is 0 Å². The predicted molar refractivity (Wildman–Crippen MR) is 91.6 cm³/mol. The molecule has 3 N–H and O–H groups in total. The predicted octanol–water partition coefficient (Wildman–Crippen LogP) is 1.52. The van der Waals surface area contributed by atoms with Crippen molar-refractivity contribution in [1.29, 1.82) is 0 Å². The Morgan fingerprint density at radius 1 is 1.29 bits per heavy atom. The first-order chi connectivity index (χ1) is 13.3. The van der Waals surface area contributed by atoms with E-state index in [1.807, 2.05) is 5.32 Å². The summed E-state index contributed by atoms with van der Waals surface area (Å²) in [6, 6.07) is 4.24. The zero-order valence-electron chi connectivity index (χ0n) is 14.9. The maximum absolute atomic E-state index is 14.6. The van der Waals surface area contributed by atoms with Crippen LogP contribution in [0.1, 0.15) is 30.7 Å². The van der Waals surface area contributed by atoms with Gasteiger partial charge in [-0.1, -0.05) is 6.07 Å². The quantitative estimate of drug-likeness (QED) is 0.694. The SMILES string of the molecule is O=C(NC[C@H]1CN(c2ccc(C3CCC(O)C(O)C3)c(F)c2)C(=O)O1)C(F)F. The molecular formula is C18H21F3N2O5. The number of rotatable bonds is 5. The van der Waals surface area contributed by atoms with E-state index in [1.54, 1.807) is 0 Å². The van der Waals surface area contributed by atoms with Crippen molar-refractivity contribution in [2.75, 3.05) is 18.0 Å². The maximum Gasteiger partial charge on any atom is 0.414 e. The molecule has 3 unspecified atom stereocenters. The maximum atomic E-state index is 14.6. The molecule has 2 amide bonds. The van der Waals surface area contributed by atoms with Crippen molar-refractivity contribution in [1.82, 2.24) is 5.32 Å². The molecule has 0 bridgehead atoms. The second kappa shape index (κ2) is 8.36. The van der Waals surface area contributed by atoms with Crippen LogP contribution in [-0.4, -0.2) is 60.0 Å². The normalized spacial score (nSPS) is 27.8. The lowest BCUT2D eigenvalue weighted by Gasteiger charge is -2.30. The Balaban J connectivity index is 1.65. The lowest BCUT2D eigenvalue weighted by Crippen LogP contribution is -2.37. The average Bonchev–Trinajstić information content (AvgIpc) is 3.02. The summed E-state index contributed by atoms with van der Waals surface area (Å²) < 4.78 is 44.0. The fourth-order valence-corrected chi connectivity index (χ4v) is 3.56. The van der Waals surface area contributed by atoms with Gasteiger partial charge in [-0.15, -0.1) is 0 Å². The molecule has 1 aliphatic carbocycles. The van der Waals surface area contributed by atoms with Gasteiger partial charge in [0, 0.05) is 0 Å². The van der Waals surface area contributed by atoms with E-state index in [-0.39, 0.29) is 31.1 Å². The molecule has 0 aromatic heterocycles. The summed E-state index contributed by atoms with van der Waals surface area (Å²) in [4.78, 5) is 24.1. The van der Waals surface area contributed by atoms with Crippen LogP contribution in [0.3, 0.4) is 0 Å². The molecule has 1 aromatic rings. The largest absolute Gasteiger partial charge is 0.442 e. The molecule has 3 rings (SSSR count). The van der Waals surface area contributed by atoms with Gasteiger partial charge in [-0.2, -0.15) is 8.78 Å². The number of carbonyl (C=O) groups excluding carboxylic acids is 2. The summed E-state index contributed by atoms with van der Waals surface area (Å²) in [6.07, 6.45) is -5.31. The van der Waals surface area contributed by atoms with Gasteiger partial charge in [0.25, 0.3) is 5.91 Å². The number of benzene rings is 1. The third kappa shape index (κ3) is 4.39. The van der Waals surface area contributed by atoms with Crippen LogP contribution in [0, 0.1) is 5.82 Å². The van der Waals surface area contributed by atoms with Crippen LogP contribution in [0.5, 0.6) is 0 Å². The number of hydrogen-bond acceptors (Lipinski definition) is 5. The number of anilines is 1. The van der Waals surface area contributed by atoms with Crippen molar-refractivity contribution < 1.29 is 37.7 Å². The van der Waals surface area contributed by atoms with Gasteiger partial charge >= 0.3 is 12.5 Å². The van der Waals surface area contributed by atoms with Crippen molar-refractivity contribution in [2.24, 2.45) is 0 Å². The third-order valence-corrected chi connectivity index (χ3v) is 5.09. The van der Waals surface area contributed by atoms with Crippen molar-refractivity contribution in [3.63, 3.8) is 0 Å². The lowest BCUT2D eigenvalue weighted by atomic mass is 9.81. The van der Waals surface area contributed by atoms with E-state index in [9.17, 15) is 33.0 Å². The van der Waals surface area contributed by atoms with Crippen molar-refractivity contribution >= 4 is 17.7 Å². The van der Waals surface area contributed by atoms with Gasteiger partial charge in [-0.3, -0.25) is 9.69 Å². The summed E-state index contributed by atoms with van der Waals surface area (Å²) in [6.45, 7) is -0.288. The molecule has 1 heterocycles. The Bertz CT molecular complexity index is 748. The topological polar surface area (TPSA) is 99.1 Å². The fourth-order valence-electron chi connectivity index (χ4n) is 3.56. The zero-order valence-corrected chi connectivity index (χ0v) is 14.9. The van der Waals surface area contributed by atoms with Crippen LogP contribution in [0.2, 0.25) is 0 Å². The summed E-state index contributed by atoms with van der Waals surface area (Å²) in [5.41, 5.74) is 0.633. The minimum atomic E-state index is -3.16. The van der Waals surface area contributed by atoms with E-state index in [2.05, 4.69) is 0 Å². The Hall–Kier alpha value is -2.33. The number of halogens is 3. The van der Waals surface area contributed by atoms with E-state index < -0.39 is 42.6 Å². The third-order valence-electron chi connectivity index (χ3n) is 5.09. The Labute approximate surface area is 159 Å². The van der Waals surface area contributed by atoms with Gasteiger partial charge in [0.15, 0.2) is 0 Å². The van der Waals surface area contributed by atoms with Crippen LogP contribution in [-0.2, 0) is 9.53 Å².